The van der Waals surface area contributed by atoms with E-state index in [2.05, 4.69) is 128 Å². The molecule has 0 bridgehead atoms. The summed E-state index contributed by atoms with van der Waals surface area (Å²) in [6.07, 6.45) is 9.78. The van der Waals surface area contributed by atoms with Gasteiger partial charge in [-0.05, 0) is 66.1 Å². The molecule has 4 nitrogen and oxygen atoms in total. The smallest absolute Gasteiger partial charge is 0.220 e. The zero-order chi connectivity index (χ0) is 27.1. The third-order valence-electron chi connectivity index (χ3n) is 8.79. The van der Waals surface area contributed by atoms with E-state index in [1.54, 1.807) is 0 Å². The second-order valence-electron chi connectivity index (χ2n) is 10.9. The summed E-state index contributed by atoms with van der Waals surface area (Å²) in [4.78, 5) is 0. The van der Waals surface area contributed by atoms with Gasteiger partial charge in [0.15, 0.2) is 11.7 Å². The lowest BCUT2D eigenvalue weighted by Crippen LogP contribution is -2.59. The molecule has 4 heteroatoms. The van der Waals surface area contributed by atoms with Gasteiger partial charge in [0.05, 0.1) is 22.8 Å². The van der Waals surface area contributed by atoms with Crippen LogP contribution in [0, 0.1) is 6.92 Å². The van der Waals surface area contributed by atoms with Crippen molar-refractivity contribution in [3.63, 3.8) is 0 Å². The molecular formula is C35H37N4+. The Kier molecular flexibility index (Phi) is 6.42. The van der Waals surface area contributed by atoms with Crippen molar-refractivity contribution in [2.24, 2.45) is 0 Å². The minimum Gasteiger partial charge on any atom is -0.220 e. The number of rotatable bonds is 7. The largest absolute Gasteiger partial charge is 0.221 e. The van der Waals surface area contributed by atoms with Gasteiger partial charge in [0.2, 0.25) is 5.69 Å². The first-order valence-electron chi connectivity index (χ1n) is 14.3. The van der Waals surface area contributed by atoms with Crippen LogP contribution >= 0.6 is 0 Å². The van der Waals surface area contributed by atoms with Crippen LogP contribution in [0.3, 0.4) is 0 Å². The number of pyridine rings is 1. The monoisotopic (exact) mass is 513 g/mol. The van der Waals surface area contributed by atoms with Crippen LogP contribution in [0.4, 0.5) is 0 Å². The SMILES string of the molecule is C=C1c2ccc(-n3cc(-c4cc(CCCC)ccc4C)nn3)cc2-c2c3ccccc3cc[n+]2C1(CC)CC. The number of unbranched alkanes of at least 4 members (excludes halogenated alkanes) is 1. The van der Waals surface area contributed by atoms with E-state index in [-0.39, 0.29) is 5.54 Å². The molecule has 6 rings (SSSR count). The second kappa shape index (κ2) is 9.92. The van der Waals surface area contributed by atoms with E-state index >= 15 is 0 Å². The highest BCUT2D eigenvalue weighted by molar-refractivity contribution is 5.97. The highest BCUT2D eigenvalue weighted by atomic mass is 15.4. The fourth-order valence-corrected chi connectivity index (χ4v) is 6.39. The molecule has 0 saturated heterocycles. The molecule has 0 fully saturated rings. The molecule has 2 aromatic heterocycles. The molecule has 3 heterocycles. The lowest BCUT2D eigenvalue weighted by atomic mass is 9.75. The van der Waals surface area contributed by atoms with Crippen molar-refractivity contribution in [3.8, 4) is 28.2 Å². The molecule has 5 aromatic rings. The van der Waals surface area contributed by atoms with E-state index in [0.717, 1.165) is 36.2 Å². The predicted octanol–water partition coefficient (Wildman–Crippen LogP) is 8.24. The summed E-state index contributed by atoms with van der Waals surface area (Å²) in [7, 11) is 0. The van der Waals surface area contributed by atoms with E-state index in [0.29, 0.717) is 0 Å². The average molecular weight is 514 g/mol. The van der Waals surface area contributed by atoms with Gasteiger partial charge in [0.1, 0.15) is 5.69 Å². The van der Waals surface area contributed by atoms with Gasteiger partial charge >= 0.3 is 0 Å². The van der Waals surface area contributed by atoms with E-state index in [1.807, 2.05) is 4.68 Å². The second-order valence-corrected chi connectivity index (χ2v) is 10.9. The summed E-state index contributed by atoms with van der Waals surface area (Å²) < 4.78 is 4.38. The van der Waals surface area contributed by atoms with Gasteiger partial charge in [0, 0.05) is 30.0 Å². The van der Waals surface area contributed by atoms with Crippen molar-refractivity contribution in [1.29, 1.82) is 0 Å². The Hall–Kier alpha value is -4.05. The maximum absolute atomic E-state index is 4.66. The minimum atomic E-state index is -0.144. The van der Waals surface area contributed by atoms with Gasteiger partial charge in [-0.15, -0.1) is 5.10 Å². The summed E-state index contributed by atoms with van der Waals surface area (Å²) in [6.45, 7) is 13.6. The number of fused-ring (bicyclic) bond motifs is 5. The number of benzene rings is 3. The van der Waals surface area contributed by atoms with Crippen molar-refractivity contribution < 1.29 is 4.57 Å². The van der Waals surface area contributed by atoms with E-state index in [4.69, 9.17) is 0 Å². The summed E-state index contributed by atoms with van der Waals surface area (Å²) in [5.41, 5.74) is 10.3. The van der Waals surface area contributed by atoms with Crippen molar-refractivity contribution in [2.75, 3.05) is 0 Å². The molecular weight excluding hydrogens is 476 g/mol. The Labute approximate surface area is 231 Å². The summed E-state index contributed by atoms with van der Waals surface area (Å²) in [5, 5.41) is 11.7. The highest BCUT2D eigenvalue weighted by Gasteiger charge is 2.47. The van der Waals surface area contributed by atoms with Crippen molar-refractivity contribution in [2.45, 2.75) is 65.3 Å². The zero-order valence-electron chi connectivity index (χ0n) is 23.5. The number of allylic oxidation sites excluding steroid dienone is 1. The first-order valence-corrected chi connectivity index (χ1v) is 14.3. The summed E-state index contributed by atoms with van der Waals surface area (Å²) >= 11 is 0. The van der Waals surface area contributed by atoms with Crippen LogP contribution in [-0.4, -0.2) is 15.0 Å². The van der Waals surface area contributed by atoms with E-state index in [9.17, 15) is 0 Å². The van der Waals surface area contributed by atoms with Crippen LogP contribution in [0.25, 0.3) is 44.5 Å². The Morgan fingerprint density at radius 2 is 1.72 bits per heavy atom. The van der Waals surface area contributed by atoms with E-state index in [1.165, 1.54) is 57.1 Å². The van der Waals surface area contributed by atoms with Gasteiger partial charge in [-0.2, -0.15) is 4.57 Å². The molecule has 0 N–H and O–H groups in total. The lowest BCUT2D eigenvalue weighted by Gasteiger charge is -2.35. The van der Waals surface area contributed by atoms with E-state index < -0.39 is 0 Å². The first kappa shape index (κ1) is 25.2. The Morgan fingerprint density at radius 3 is 2.51 bits per heavy atom. The lowest BCUT2D eigenvalue weighted by molar-refractivity contribution is -0.740. The first-order chi connectivity index (χ1) is 19.0. The molecule has 1 aliphatic rings. The van der Waals surface area contributed by atoms with Gasteiger partial charge < -0.3 is 0 Å². The molecule has 0 aliphatic carbocycles. The number of hydrogen-bond acceptors (Lipinski definition) is 2. The van der Waals surface area contributed by atoms with Crippen LogP contribution in [0.2, 0.25) is 0 Å². The van der Waals surface area contributed by atoms with Crippen molar-refractivity contribution in [3.05, 3.63) is 102 Å². The standard InChI is InChI=1S/C35H37N4/c1-6-9-12-26-16-15-24(4)31(21-26)33-23-39(37-36-33)28-17-18-29-25(5)35(7-2,8-3)38-20-19-27-13-10-11-14-30(27)34(38)32(29)22-28/h10-11,13-23H,5-9,12H2,1-4H3/q+1. The third kappa shape index (κ3) is 4.01. The molecule has 3 aromatic carbocycles. The fraction of sp³-hybridized carbons (Fsp3) is 0.286. The predicted molar refractivity (Wildman–Crippen MR) is 161 cm³/mol. The van der Waals surface area contributed by atoms with Crippen LogP contribution in [0.5, 0.6) is 0 Å². The maximum atomic E-state index is 4.66. The van der Waals surface area contributed by atoms with Crippen molar-refractivity contribution >= 4 is 16.3 Å². The number of nitrogens with zero attached hydrogens (tertiary/aromatic N) is 4. The van der Waals surface area contributed by atoms with Gasteiger partial charge in [-0.25, -0.2) is 4.68 Å². The fourth-order valence-electron chi connectivity index (χ4n) is 6.39. The molecule has 0 unspecified atom stereocenters. The van der Waals surface area contributed by atoms with Crippen LogP contribution in [0.15, 0.2) is 85.7 Å². The summed E-state index contributed by atoms with van der Waals surface area (Å²) in [5.74, 6) is 0. The van der Waals surface area contributed by atoms with Crippen LogP contribution in [-0.2, 0) is 12.0 Å². The summed E-state index contributed by atoms with van der Waals surface area (Å²) in [6, 6.07) is 24.3. The van der Waals surface area contributed by atoms with Crippen LogP contribution in [0.1, 0.15) is 63.1 Å². The molecule has 0 atom stereocenters. The molecule has 1 aliphatic heterocycles. The topological polar surface area (TPSA) is 34.6 Å². The Morgan fingerprint density at radius 1 is 0.897 bits per heavy atom. The molecule has 0 spiro atoms. The number of aromatic nitrogens is 4. The minimum absolute atomic E-state index is 0.144. The molecule has 0 saturated carbocycles. The van der Waals surface area contributed by atoms with Gasteiger partial charge in [0.25, 0.3) is 0 Å². The molecule has 39 heavy (non-hydrogen) atoms. The average Bonchev–Trinajstić information content (AvgIpc) is 3.47. The number of aryl methyl sites for hydroxylation is 2. The van der Waals surface area contributed by atoms with Gasteiger partial charge in [-0.3, -0.25) is 0 Å². The van der Waals surface area contributed by atoms with Crippen LogP contribution < -0.4 is 4.57 Å². The normalized spacial score (nSPS) is 13.9. The van der Waals surface area contributed by atoms with Crippen molar-refractivity contribution in [1.82, 2.24) is 15.0 Å². The highest BCUT2D eigenvalue weighted by Crippen LogP contribution is 2.45. The quantitative estimate of drug-likeness (QED) is 0.205. The molecule has 0 amide bonds. The third-order valence-corrected chi connectivity index (χ3v) is 8.79. The van der Waals surface area contributed by atoms with Gasteiger partial charge in [-0.1, -0.05) is 75.4 Å². The Bertz CT molecular complexity index is 1700. The molecule has 196 valence electrons. The zero-order valence-corrected chi connectivity index (χ0v) is 23.5. The maximum Gasteiger partial charge on any atom is 0.221 e. The number of hydrogen-bond donors (Lipinski definition) is 0. The molecule has 0 radical (unpaired) electrons. The Balaban J connectivity index is 1.49.